The third-order valence-corrected chi connectivity index (χ3v) is 2.13. The Hall–Kier alpha value is -1.14. The molecule has 0 unspecified atom stereocenters. The van der Waals surface area contributed by atoms with Gasteiger partial charge in [-0.15, -0.1) is 13.2 Å². The normalized spacial score (nSPS) is 11.3. The van der Waals surface area contributed by atoms with Crippen LogP contribution in [0.25, 0.3) is 0 Å². The highest BCUT2D eigenvalue weighted by molar-refractivity contribution is 6.69. The summed E-state index contributed by atoms with van der Waals surface area (Å²) in [7, 11) is 0. The number of ether oxygens (including phenoxy) is 1. The van der Waals surface area contributed by atoms with E-state index in [4.69, 9.17) is 28.9 Å². The highest BCUT2D eigenvalue weighted by atomic mass is 35.5. The second kappa shape index (κ2) is 4.39. The number of hydrogen-bond donors (Lipinski definition) is 1. The summed E-state index contributed by atoms with van der Waals surface area (Å²) in [5, 5.41) is -1.63. The van der Waals surface area contributed by atoms with Gasteiger partial charge in [-0.2, -0.15) is 0 Å². The highest BCUT2D eigenvalue weighted by Gasteiger charge is 2.33. The lowest BCUT2D eigenvalue weighted by atomic mass is 10.2. The minimum atomic E-state index is -4.91. The average molecular weight is 274 g/mol. The molecule has 0 aliphatic rings. The topological polar surface area (TPSA) is 52.3 Å². The molecule has 0 aromatic heterocycles. The van der Waals surface area contributed by atoms with Crippen molar-refractivity contribution in [1.82, 2.24) is 0 Å². The number of benzene rings is 1. The Bertz CT molecular complexity index is 434. The molecule has 0 saturated carbocycles. The predicted molar refractivity (Wildman–Crippen MR) is 52.7 cm³/mol. The van der Waals surface area contributed by atoms with E-state index in [-0.39, 0.29) is 5.69 Å². The molecule has 0 radical (unpaired) electrons. The van der Waals surface area contributed by atoms with Crippen LogP contribution in [0.2, 0.25) is 5.02 Å². The molecule has 0 atom stereocenters. The van der Waals surface area contributed by atoms with E-state index in [0.717, 1.165) is 12.1 Å². The van der Waals surface area contributed by atoms with Crippen LogP contribution in [0.4, 0.5) is 18.9 Å². The lowest BCUT2D eigenvalue weighted by molar-refractivity contribution is -0.274. The van der Waals surface area contributed by atoms with Gasteiger partial charge >= 0.3 is 6.36 Å². The number of anilines is 1. The molecule has 0 bridgehead atoms. The fourth-order valence-corrected chi connectivity index (χ4v) is 1.52. The molecule has 0 saturated heterocycles. The van der Waals surface area contributed by atoms with Crippen molar-refractivity contribution >= 4 is 34.1 Å². The first-order chi connectivity index (χ1) is 7.22. The molecule has 1 rings (SSSR count). The summed E-state index contributed by atoms with van der Waals surface area (Å²) in [6.45, 7) is 0. The van der Waals surface area contributed by atoms with Gasteiger partial charge in [0.1, 0.15) is 5.75 Å². The summed E-state index contributed by atoms with van der Waals surface area (Å²) in [6.07, 6.45) is -4.91. The summed E-state index contributed by atoms with van der Waals surface area (Å²) in [4.78, 5) is 10.9. The van der Waals surface area contributed by atoms with Crippen LogP contribution in [0.1, 0.15) is 10.4 Å². The average Bonchev–Trinajstić information content (AvgIpc) is 2.07. The number of carbonyl (C=O) groups excluding carboxylic acids is 1. The Morgan fingerprint density at radius 3 is 2.38 bits per heavy atom. The first kappa shape index (κ1) is 12.9. The van der Waals surface area contributed by atoms with E-state index in [2.05, 4.69) is 4.74 Å². The molecule has 0 heterocycles. The van der Waals surface area contributed by atoms with Crippen molar-refractivity contribution in [2.75, 3.05) is 5.73 Å². The maximum absolute atomic E-state index is 11.9. The standard InChI is InChI=1S/C8H4Cl2F3NO2/c9-6-4(16-8(11,12)13)2-1-3(14)5(6)7(10)15/h1-2H,14H2. The summed E-state index contributed by atoms with van der Waals surface area (Å²) < 4.78 is 39.4. The Morgan fingerprint density at radius 1 is 1.38 bits per heavy atom. The van der Waals surface area contributed by atoms with Gasteiger partial charge in [0.25, 0.3) is 5.24 Å². The van der Waals surface area contributed by atoms with E-state index in [1.807, 2.05) is 0 Å². The SMILES string of the molecule is Nc1ccc(OC(F)(F)F)c(Cl)c1C(=O)Cl. The largest absolute Gasteiger partial charge is 0.573 e. The molecule has 2 N–H and O–H groups in total. The number of hydrogen-bond acceptors (Lipinski definition) is 3. The Labute approximate surface area is 97.9 Å². The minimum absolute atomic E-state index is 0.125. The molecule has 0 spiro atoms. The van der Waals surface area contributed by atoms with Gasteiger partial charge in [0.15, 0.2) is 0 Å². The number of halogens is 5. The van der Waals surface area contributed by atoms with E-state index in [0.29, 0.717) is 0 Å². The van der Waals surface area contributed by atoms with Crippen molar-refractivity contribution in [1.29, 1.82) is 0 Å². The van der Waals surface area contributed by atoms with Crippen LogP contribution in [0.15, 0.2) is 12.1 Å². The Morgan fingerprint density at radius 2 is 1.94 bits per heavy atom. The third kappa shape index (κ3) is 2.93. The number of alkyl halides is 3. The van der Waals surface area contributed by atoms with Gasteiger partial charge in [0.2, 0.25) is 0 Å². The lowest BCUT2D eigenvalue weighted by Crippen LogP contribution is -2.18. The lowest BCUT2D eigenvalue weighted by Gasteiger charge is -2.12. The maximum Gasteiger partial charge on any atom is 0.573 e. The molecular weight excluding hydrogens is 270 g/mol. The number of rotatable bonds is 2. The smallest absolute Gasteiger partial charge is 0.404 e. The van der Waals surface area contributed by atoms with E-state index in [1.165, 1.54) is 0 Å². The van der Waals surface area contributed by atoms with Gasteiger partial charge in [-0.25, -0.2) is 0 Å². The molecule has 0 fully saturated rings. The molecule has 88 valence electrons. The van der Waals surface area contributed by atoms with Gasteiger partial charge < -0.3 is 10.5 Å². The summed E-state index contributed by atoms with van der Waals surface area (Å²) >= 11 is 10.6. The zero-order valence-electron chi connectivity index (χ0n) is 7.44. The number of nitrogen functional groups attached to an aromatic ring is 1. The van der Waals surface area contributed by atoms with Crippen LogP contribution >= 0.6 is 23.2 Å². The van der Waals surface area contributed by atoms with Crippen LogP contribution in [-0.2, 0) is 0 Å². The summed E-state index contributed by atoms with van der Waals surface area (Å²) in [6, 6.07) is 1.94. The Balaban J connectivity index is 3.24. The van der Waals surface area contributed by atoms with E-state index < -0.39 is 27.9 Å². The molecule has 16 heavy (non-hydrogen) atoms. The molecule has 0 aliphatic carbocycles. The van der Waals surface area contributed by atoms with Crippen molar-refractivity contribution < 1.29 is 22.7 Å². The second-order valence-corrected chi connectivity index (χ2v) is 3.38. The molecule has 3 nitrogen and oxygen atoms in total. The van der Waals surface area contributed by atoms with Gasteiger partial charge in [-0.05, 0) is 23.7 Å². The maximum atomic E-state index is 11.9. The zero-order chi connectivity index (χ0) is 12.5. The molecule has 1 aromatic carbocycles. The third-order valence-electron chi connectivity index (χ3n) is 1.56. The first-order valence-corrected chi connectivity index (χ1v) is 4.51. The van der Waals surface area contributed by atoms with Crippen molar-refractivity contribution in [3.05, 3.63) is 22.7 Å². The highest BCUT2D eigenvalue weighted by Crippen LogP contribution is 2.36. The number of carbonyl (C=O) groups is 1. The van der Waals surface area contributed by atoms with Gasteiger partial charge in [0.05, 0.1) is 10.6 Å². The van der Waals surface area contributed by atoms with E-state index in [1.54, 1.807) is 0 Å². The van der Waals surface area contributed by atoms with Crippen molar-refractivity contribution in [2.45, 2.75) is 6.36 Å². The fraction of sp³-hybridized carbons (Fsp3) is 0.125. The minimum Gasteiger partial charge on any atom is -0.404 e. The second-order valence-electron chi connectivity index (χ2n) is 2.66. The molecule has 0 aliphatic heterocycles. The Kier molecular flexibility index (Phi) is 3.54. The van der Waals surface area contributed by atoms with Crippen LogP contribution in [-0.4, -0.2) is 11.6 Å². The monoisotopic (exact) mass is 273 g/mol. The molecule has 8 heteroatoms. The van der Waals surface area contributed by atoms with Gasteiger partial charge in [0, 0.05) is 5.69 Å². The summed E-state index contributed by atoms with van der Waals surface area (Å²) in [5.74, 6) is -0.729. The molecule has 0 amide bonds. The summed E-state index contributed by atoms with van der Waals surface area (Å²) in [5.41, 5.74) is 4.79. The zero-order valence-corrected chi connectivity index (χ0v) is 8.95. The van der Waals surface area contributed by atoms with Crippen LogP contribution in [0.5, 0.6) is 5.75 Å². The fourth-order valence-electron chi connectivity index (χ4n) is 0.975. The number of nitrogens with two attached hydrogens (primary N) is 1. The van der Waals surface area contributed by atoms with Crippen molar-refractivity contribution in [3.8, 4) is 5.75 Å². The van der Waals surface area contributed by atoms with E-state index >= 15 is 0 Å². The molecular formula is C8H4Cl2F3NO2. The van der Waals surface area contributed by atoms with Gasteiger partial charge in [-0.1, -0.05) is 11.6 Å². The van der Waals surface area contributed by atoms with Crippen molar-refractivity contribution in [3.63, 3.8) is 0 Å². The van der Waals surface area contributed by atoms with Crippen LogP contribution < -0.4 is 10.5 Å². The quantitative estimate of drug-likeness (QED) is 0.665. The molecule has 1 aromatic rings. The van der Waals surface area contributed by atoms with E-state index in [9.17, 15) is 18.0 Å². The van der Waals surface area contributed by atoms with Crippen LogP contribution in [0.3, 0.4) is 0 Å². The predicted octanol–water partition coefficient (Wildman–Crippen LogP) is 3.20. The van der Waals surface area contributed by atoms with Gasteiger partial charge in [-0.3, -0.25) is 4.79 Å². The van der Waals surface area contributed by atoms with Crippen LogP contribution in [0, 0.1) is 0 Å². The first-order valence-electron chi connectivity index (χ1n) is 3.76. The van der Waals surface area contributed by atoms with Crippen molar-refractivity contribution in [2.24, 2.45) is 0 Å².